The number of nitrogens with zero attached hydrogens (tertiary/aromatic N) is 1. The Labute approximate surface area is 129 Å². The van der Waals surface area contributed by atoms with Gasteiger partial charge >= 0.3 is 0 Å². The Bertz CT molecular complexity index is 413. The lowest BCUT2D eigenvalue weighted by atomic mass is 10.1. The van der Waals surface area contributed by atoms with Gasteiger partial charge in [0.15, 0.2) is 0 Å². The normalized spacial score (nSPS) is 21.1. The van der Waals surface area contributed by atoms with Gasteiger partial charge in [-0.3, -0.25) is 4.90 Å². The zero-order valence-corrected chi connectivity index (χ0v) is 13.7. The van der Waals surface area contributed by atoms with Crippen molar-refractivity contribution in [2.24, 2.45) is 0 Å². The molecule has 0 amide bonds. The minimum atomic E-state index is 0.617. The van der Waals surface area contributed by atoms with Gasteiger partial charge in [-0.25, -0.2) is 0 Å². The van der Waals surface area contributed by atoms with Crippen LogP contribution in [0.15, 0.2) is 18.2 Å². The molecule has 0 aliphatic carbocycles. The lowest BCUT2D eigenvalue weighted by Crippen LogP contribution is -2.35. The van der Waals surface area contributed by atoms with E-state index in [1.165, 1.54) is 31.2 Å². The van der Waals surface area contributed by atoms with Gasteiger partial charge in [0.2, 0.25) is 0 Å². The highest BCUT2D eigenvalue weighted by Crippen LogP contribution is 2.27. The second-order valence-electron chi connectivity index (χ2n) is 5.08. The van der Waals surface area contributed by atoms with Crippen molar-refractivity contribution in [3.8, 4) is 5.75 Å². The monoisotopic (exact) mass is 345 g/mol. The molecule has 1 aromatic carbocycles. The molecule has 0 aromatic heterocycles. The maximum atomic E-state index is 6.11. The average molecular weight is 347 g/mol. The minimum Gasteiger partial charge on any atom is -0.496 e. The van der Waals surface area contributed by atoms with Gasteiger partial charge in [-0.15, -0.1) is 0 Å². The lowest BCUT2D eigenvalue weighted by Gasteiger charge is -2.29. The van der Waals surface area contributed by atoms with Crippen molar-refractivity contribution in [3.63, 3.8) is 0 Å². The molecule has 106 valence electrons. The fourth-order valence-electron chi connectivity index (χ4n) is 2.71. The van der Waals surface area contributed by atoms with E-state index in [-0.39, 0.29) is 0 Å². The van der Waals surface area contributed by atoms with Gasteiger partial charge in [0, 0.05) is 28.5 Å². The van der Waals surface area contributed by atoms with Crippen molar-refractivity contribution in [2.45, 2.75) is 38.3 Å². The highest BCUT2D eigenvalue weighted by Gasteiger charge is 2.21. The van der Waals surface area contributed by atoms with Crippen LogP contribution >= 0.6 is 27.5 Å². The number of halogens is 2. The first-order chi connectivity index (χ1) is 9.24. The Kier molecular flexibility index (Phi) is 5.99. The van der Waals surface area contributed by atoms with E-state index in [9.17, 15) is 0 Å². The number of ether oxygens (including phenoxy) is 1. The summed E-state index contributed by atoms with van der Waals surface area (Å²) in [7, 11) is 1.72. The molecule has 4 heteroatoms. The van der Waals surface area contributed by atoms with E-state index in [1.807, 2.05) is 18.2 Å². The molecule has 2 rings (SSSR count). The van der Waals surface area contributed by atoms with Crippen molar-refractivity contribution in [2.75, 3.05) is 19.0 Å². The van der Waals surface area contributed by atoms with Gasteiger partial charge < -0.3 is 4.74 Å². The minimum absolute atomic E-state index is 0.617. The molecular formula is C15H21BrClNO. The molecule has 19 heavy (non-hydrogen) atoms. The number of hydrogen-bond donors (Lipinski definition) is 0. The largest absolute Gasteiger partial charge is 0.496 e. The van der Waals surface area contributed by atoms with Crippen molar-refractivity contribution in [3.05, 3.63) is 28.8 Å². The SMILES string of the molecule is COc1ccc(Cl)cc1CN1CCCCCC1CBr. The molecule has 1 atom stereocenters. The first kappa shape index (κ1) is 15.1. The summed E-state index contributed by atoms with van der Waals surface area (Å²) in [6, 6.07) is 6.48. The number of alkyl halides is 1. The summed E-state index contributed by atoms with van der Waals surface area (Å²) in [6.45, 7) is 2.08. The van der Waals surface area contributed by atoms with E-state index >= 15 is 0 Å². The predicted octanol–water partition coefficient (Wildman–Crippen LogP) is 4.49. The van der Waals surface area contributed by atoms with Crippen LogP contribution in [0.3, 0.4) is 0 Å². The van der Waals surface area contributed by atoms with E-state index in [4.69, 9.17) is 16.3 Å². The molecule has 0 spiro atoms. The van der Waals surface area contributed by atoms with E-state index in [1.54, 1.807) is 7.11 Å². The van der Waals surface area contributed by atoms with E-state index in [0.717, 1.165) is 29.2 Å². The Morgan fingerprint density at radius 2 is 2.21 bits per heavy atom. The van der Waals surface area contributed by atoms with Crippen LogP contribution in [-0.4, -0.2) is 29.9 Å². The molecule has 1 fully saturated rings. The van der Waals surface area contributed by atoms with E-state index in [0.29, 0.717) is 6.04 Å². The number of hydrogen-bond acceptors (Lipinski definition) is 2. The molecule has 0 bridgehead atoms. The van der Waals surface area contributed by atoms with Crippen LogP contribution in [0.1, 0.15) is 31.2 Å². The molecule has 0 saturated carbocycles. The number of methoxy groups -OCH3 is 1. The summed E-state index contributed by atoms with van der Waals surface area (Å²) in [5.74, 6) is 0.932. The van der Waals surface area contributed by atoms with E-state index < -0.39 is 0 Å². The third kappa shape index (κ3) is 4.11. The van der Waals surface area contributed by atoms with Crippen molar-refractivity contribution in [1.29, 1.82) is 0 Å². The van der Waals surface area contributed by atoms with Crippen LogP contribution in [0.25, 0.3) is 0 Å². The van der Waals surface area contributed by atoms with Gasteiger partial charge in [-0.05, 0) is 37.6 Å². The van der Waals surface area contributed by atoms with Crippen LogP contribution in [-0.2, 0) is 6.54 Å². The second-order valence-corrected chi connectivity index (χ2v) is 6.17. The first-order valence-corrected chi connectivity index (χ1v) is 8.37. The molecule has 1 saturated heterocycles. The van der Waals surface area contributed by atoms with Gasteiger partial charge in [0.05, 0.1) is 7.11 Å². The third-order valence-electron chi connectivity index (χ3n) is 3.79. The third-order valence-corrected chi connectivity index (χ3v) is 4.78. The first-order valence-electron chi connectivity index (χ1n) is 6.87. The van der Waals surface area contributed by atoms with Crippen LogP contribution in [0.4, 0.5) is 0 Å². The van der Waals surface area contributed by atoms with Gasteiger partial charge in [-0.1, -0.05) is 40.4 Å². The standard InChI is InChI=1S/C15H21BrClNO/c1-19-15-7-6-13(17)9-12(15)11-18-8-4-2-3-5-14(18)10-16/h6-7,9,14H,2-5,8,10-11H2,1H3. The molecular weight excluding hydrogens is 326 g/mol. The average Bonchev–Trinajstić information content (AvgIpc) is 2.64. The van der Waals surface area contributed by atoms with Crippen molar-refractivity contribution < 1.29 is 4.74 Å². The van der Waals surface area contributed by atoms with Crippen LogP contribution in [0.5, 0.6) is 5.75 Å². The summed E-state index contributed by atoms with van der Waals surface area (Å²) in [5.41, 5.74) is 1.18. The quantitative estimate of drug-likeness (QED) is 0.745. The summed E-state index contributed by atoms with van der Waals surface area (Å²) < 4.78 is 5.44. The zero-order valence-electron chi connectivity index (χ0n) is 11.4. The molecule has 0 radical (unpaired) electrons. The molecule has 2 nitrogen and oxygen atoms in total. The van der Waals surface area contributed by atoms with Crippen LogP contribution in [0, 0.1) is 0 Å². The highest BCUT2D eigenvalue weighted by atomic mass is 79.9. The molecule has 1 aromatic rings. The fourth-order valence-corrected chi connectivity index (χ4v) is 3.64. The Morgan fingerprint density at radius 1 is 1.37 bits per heavy atom. The zero-order chi connectivity index (χ0) is 13.7. The molecule has 1 aliphatic heterocycles. The van der Waals surface area contributed by atoms with Gasteiger partial charge in [-0.2, -0.15) is 0 Å². The summed E-state index contributed by atoms with van der Waals surface area (Å²) in [4.78, 5) is 2.55. The summed E-state index contributed by atoms with van der Waals surface area (Å²) in [6.07, 6.45) is 5.23. The maximum Gasteiger partial charge on any atom is 0.123 e. The van der Waals surface area contributed by atoms with E-state index in [2.05, 4.69) is 20.8 Å². The Morgan fingerprint density at radius 3 is 2.95 bits per heavy atom. The topological polar surface area (TPSA) is 12.5 Å². The molecule has 1 heterocycles. The van der Waals surface area contributed by atoms with Crippen molar-refractivity contribution >= 4 is 27.5 Å². The molecule has 1 aliphatic rings. The van der Waals surface area contributed by atoms with Gasteiger partial charge in [0.25, 0.3) is 0 Å². The van der Waals surface area contributed by atoms with Gasteiger partial charge in [0.1, 0.15) is 5.75 Å². The lowest BCUT2D eigenvalue weighted by molar-refractivity contribution is 0.206. The number of rotatable bonds is 4. The smallest absolute Gasteiger partial charge is 0.123 e. The van der Waals surface area contributed by atoms with Crippen molar-refractivity contribution in [1.82, 2.24) is 4.90 Å². The predicted molar refractivity (Wildman–Crippen MR) is 84.5 cm³/mol. The Hall–Kier alpha value is -0.250. The summed E-state index contributed by atoms with van der Waals surface area (Å²) >= 11 is 9.76. The highest BCUT2D eigenvalue weighted by molar-refractivity contribution is 9.09. The number of likely N-dealkylation sites (tertiary alicyclic amines) is 1. The van der Waals surface area contributed by atoms with Crippen LogP contribution < -0.4 is 4.74 Å². The Balaban J connectivity index is 2.15. The fraction of sp³-hybridized carbons (Fsp3) is 0.600. The second kappa shape index (κ2) is 7.51. The summed E-state index contributed by atoms with van der Waals surface area (Å²) in [5, 5.41) is 1.82. The maximum absolute atomic E-state index is 6.11. The van der Waals surface area contributed by atoms with Crippen LogP contribution in [0.2, 0.25) is 5.02 Å². The molecule has 1 unspecified atom stereocenters. The molecule has 0 N–H and O–H groups in total. The number of benzene rings is 1.